The fourth-order valence-corrected chi connectivity index (χ4v) is 4.91. The number of esters is 1. The third kappa shape index (κ3) is 5.80. The van der Waals surface area contributed by atoms with Crippen molar-refractivity contribution in [3.8, 4) is 11.8 Å². The average Bonchev–Trinajstić information content (AvgIpc) is 2.83. The zero-order valence-electron chi connectivity index (χ0n) is 19.8. The molecular formula is C29H37NO2. The van der Waals surface area contributed by atoms with E-state index in [-0.39, 0.29) is 5.97 Å². The van der Waals surface area contributed by atoms with E-state index in [4.69, 9.17) is 4.74 Å². The smallest absolute Gasteiger partial charge is 0.321 e. The molecule has 0 spiro atoms. The Hall–Kier alpha value is -2.60. The summed E-state index contributed by atoms with van der Waals surface area (Å²) in [5, 5.41) is 9.61. The van der Waals surface area contributed by atoms with Crippen molar-refractivity contribution in [1.29, 1.82) is 5.26 Å². The molecule has 0 bridgehead atoms. The maximum Gasteiger partial charge on any atom is 0.321 e. The van der Waals surface area contributed by atoms with Crippen molar-refractivity contribution < 1.29 is 9.53 Å². The monoisotopic (exact) mass is 431 g/mol. The van der Waals surface area contributed by atoms with Crippen LogP contribution in [0.25, 0.3) is 0 Å². The quantitative estimate of drug-likeness (QED) is 0.223. The SMILES string of the molecule is CCCCCCc1ccc(C2(C(=O)Oc3ccc(CCC)cc3C#N)CCCCC2)cc1. The fraction of sp³-hybridized carbons (Fsp3) is 0.517. The topological polar surface area (TPSA) is 50.1 Å². The lowest BCUT2D eigenvalue weighted by atomic mass is 9.69. The molecule has 2 aromatic carbocycles. The summed E-state index contributed by atoms with van der Waals surface area (Å²) in [6.45, 7) is 4.35. The van der Waals surface area contributed by atoms with Gasteiger partial charge in [0.15, 0.2) is 0 Å². The first-order chi connectivity index (χ1) is 15.6. The van der Waals surface area contributed by atoms with Crippen molar-refractivity contribution in [2.24, 2.45) is 0 Å². The molecule has 0 saturated heterocycles. The van der Waals surface area contributed by atoms with Crippen LogP contribution in [0.15, 0.2) is 42.5 Å². The van der Waals surface area contributed by atoms with Crippen LogP contribution in [-0.2, 0) is 23.1 Å². The van der Waals surface area contributed by atoms with Crippen LogP contribution in [0, 0.1) is 11.3 Å². The molecule has 0 amide bonds. The second-order valence-corrected chi connectivity index (χ2v) is 9.23. The van der Waals surface area contributed by atoms with E-state index in [9.17, 15) is 10.1 Å². The molecule has 3 nitrogen and oxygen atoms in total. The van der Waals surface area contributed by atoms with E-state index < -0.39 is 5.41 Å². The second kappa shape index (κ2) is 11.9. The van der Waals surface area contributed by atoms with Gasteiger partial charge < -0.3 is 4.74 Å². The Morgan fingerprint density at radius 2 is 1.62 bits per heavy atom. The minimum Gasteiger partial charge on any atom is -0.424 e. The van der Waals surface area contributed by atoms with Crippen LogP contribution in [0.3, 0.4) is 0 Å². The number of aryl methyl sites for hydroxylation is 2. The molecule has 0 heterocycles. The van der Waals surface area contributed by atoms with Gasteiger partial charge in [-0.25, -0.2) is 0 Å². The minimum atomic E-state index is -0.617. The highest BCUT2D eigenvalue weighted by Crippen LogP contribution is 2.41. The van der Waals surface area contributed by atoms with Crippen LogP contribution < -0.4 is 4.74 Å². The summed E-state index contributed by atoms with van der Waals surface area (Å²) in [7, 11) is 0. The van der Waals surface area contributed by atoms with Gasteiger partial charge in [-0.05, 0) is 60.9 Å². The fourth-order valence-electron chi connectivity index (χ4n) is 4.91. The lowest BCUT2D eigenvalue weighted by Gasteiger charge is -2.35. The number of nitriles is 1. The maximum atomic E-state index is 13.6. The highest BCUT2D eigenvalue weighted by molar-refractivity contribution is 5.85. The highest BCUT2D eigenvalue weighted by atomic mass is 16.5. The first kappa shape index (κ1) is 24.1. The number of carbonyl (C=O) groups is 1. The van der Waals surface area contributed by atoms with Crippen LogP contribution in [0.2, 0.25) is 0 Å². The molecule has 2 aromatic rings. The van der Waals surface area contributed by atoms with E-state index >= 15 is 0 Å². The molecule has 3 rings (SSSR count). The van der Waals surface area contributed by atoms with Crippen molar-refractivity contribution in [2.45, 2.75) is 96.3 Å². The molecule has 0 atom stereocenters. The number of rotatable bonds is 10. The van der Waals surface area contributed by atoms with Gasteiger partial charge in [0.05, 0.1) is 11.0 Å². The average molecular weight is 432 g/mol. The van der Waals surface area contributed by atoms with Crippen molar-refractivity contribution >= 4 is 5.97 Å². The Labute approximate surface area is 193 Å². The van der Waals surface area contributed by atoms with E-state index in [0.29, 0.717) is 11.3 Å². The summed E-state index contributed by atoms with van der Waals surface area (Å²) in [5.74, 6) is 0.169. The third-order valence-corrected chi connectivity index (χ3v) is 6.83. The molecule has 32 heavy (non-hydrogen) atoms. The number of hydrogen-bond acceptors (Lipinski definition) is 3. The summed E-state index contributed by atoms with van der Waals surface area (Å²) in [6.07, 6.45) is 12.8. The van der Waals surface area contributed by atoms with Crippen LogP contribution >= 0.6 is 0 Å². The van der Waals surface area contributed by atoms with Gasteiger partial charge in [-0.3, -0.25) is 4.79 Å². The van der Waals surface area contributed by atoms with Crippen LogP contribution in [-0.4, -0.2) is 5.97 Å². The number of hydrogen-bond donors (Lipinski definition) is 0. The normalized spacial score (nSPS) is 15.2. The minimum absolute atomic E-state index is 0.215. The molecule has 1 fully saturated rings. The predicted molar refractivity (Wildman–Crippen MR) is 130 cm³/mol. The lowest BCUT2D eigenvalue weighted by molar-refractivity contribution is -0.142. The molecule has 0 unspecified atom stereocenters. The van der Waals surface area contributed by atoms with Gasteiger partial charge in [-0.15, -0.1) is 0 Å². The van der Waals surface area contributed by atoms with Crippen LogP contribution in [0.4, 0.5) is 0 Å². The first-order valence-corrected chi connectivity index (χ1v) is 12.5. The van der Waals surface area contributed by atoms with Gasteiger partial charge in [0.2, 0.25) is 0 Å². The van der Waals surface area contributed by atoms with E-state index in [1.165, 1.54) is 31.2 Å². The van der Waals surface area contributed by atoms with Gasteiger partial charge in [0, 0.05) is 0 Å². The molecular weight excluding hydrogens is 394 g/mol. The van der Waals surface area contributed by atoms with Crippen LogP contribution in [0.1, 0.15) is 100 Å². The standard InChI is InChI=1S/C29H37NO2/c1-3-5-6-8-12-23-13-16-26(17-14-23)29(19-9-7-10-20-29)28(31)32-27-18-15-24(11-4-2)21-25(27)22-30/h13-18,21H,3-12,19-20H2,1-2H3. The Morgan fingerprint density at radius 1 is 0.906 bits per heavy atom. The van der Waals surface area contributed by atoms with Gasteiger partial charge >= 0.3 is 5.97 Å². The van der Waals surface area contributed by atoms with E-state index in [1.807, 2.05) is 12.1 Å². The van der Waals surface area contributed by atoms with Crippen molar-refractivity contribution in [3.05, 3.63) is 64.7 Å². The summed E-state index contributed by atoms with van der Waals surface area (Å²) in [6, 6.07) is 16.5. The Bertz CT molecular complexity index is 917. The Kier molecular flexibility index (Phi) is 8.91. The van der Waals surface area contributed by atoms with Gasteiger partial charge in [-0.1, -0.05) is 89.1 Å². The molecule has 1 aliphatic carbocycles. The Morgan fingerprint density at radius 3 is 2.28 bits per heavy atom. The van der Waals surface area contributed by atoms with E-state index in [0.717, 1.165) is 62.5 Å². The third-order valence-electron chi connectivity index (χ3n) is 6.83. The van der Waals surface area contributed by atoms with E-state index in [1.54, 1.807) is 6.07 Å². The number of ether oxygens (including phenoxy) is 1. The molecule has 1 aliphatic rings. The van der Waals surface area contributed by atoms with Crippen molar-refractivity contribution in [3.63, 3.8) is 0 Å². The summed E-state index contributed by atoms with van der Waals surface area (Å²) < 4.78 is 5.93. The van der Waals surface area contributed by atoms with E-state index in [2.05, 4.69) is 44.2 Å². The summed E-state index contributed by atoms with van der Waals surface area (Å²) in [4.78, 5) is 13.6. The molecule has 0 aliphatic heterocycles. The van der Waals surface area contributed by atoms with Crippen molar-refractivity contribution in [2.75, 3.05) is 0 Å². The van der Waals surface area contributed by atoms with Gasteiger partial charge in [0.1, 0.15) is 11.8 Å². The predicted octanol–water partition coefficient (Wildman–Crippen LogP) is 7.44. The summed E-state index contributed by atoms with van der Waals surface area (Å²) in [5.41, 5.74) is 3.32. The maximum absolute atomic E-state index is 13.6. The largest absolute Gasteiger partial charge is 0.424 e. The Balaban J connectivity index is 1.80. The molecule has 0 aromatic heterocycles. The zero-order valence-corrected chi connectivity index (χ0v) is 19.8. The number of benzene rings is 2. The van der Waals surface area contributed by atoms with Gasteiger partial charge in [-0.2, -0.15) is 5.26 Å². The highest BCUT2D eigenvalue weighted by Gasteiger charge is 2.43. The van der Waals surface area contributed by atoms with Crippen LogP contribution in [0.5, 0.6) is 5.75 Å². The number of carbonyl (C=O) groups excluding carboxylic acids is 1. The van der Waals surface area contributed by atoms with Gasteiger partial charge in [0.25, 0.3) is 0 Å². The molecule has 170 valence electrons. The molecule has 0 radical (unpaired) electrons. The first-order valence-electron chi connectivity index (χ1n) is 12.5. The lowest BCUT2D eigenvalue weighted by Crippen LogP contribution is -2.41. The molecule has 3 heteroatoms. The molecule has 0 N–H and O–H groups in total. The zero-order chi connectivity index (χ0) is 22.8. The second-order valence-electron chi connectivity index (χ2n) is 9.23. The molecule has 1 saturated carbocycles. The van der Waals surface area contributed by atoms with Crippen molar-refractivity contribution in [1.82, 2.24) is 0 Å². The number of unbranched alkanes of at least 4 members (excludes halogenated alkanes) is 3. The number of nitrogens with zero attached hydrogens (tertiary/aromatic N) is 1. The summed E-state index contributed by atoms with van der Waals surface area (Å²) >= 11 is 0.